The summed E-state index contributed by atoms with van der Waals surface area (Å²) in [5, 5.41) is 0. The topological polar surface area (TPSA) is 28.7 Å². The number of unbranched alkanes of at least 4 members (excludes halogenated alkanes) is 5. The summed E-state index contributed by atoms with van der Waals surface area (Å²) in [4.78, 5) is 7.52. The molecule has 0 atom stereocenters. The summed E-state index contributed by atoms with van der Waals surface area (Å²) in [6, 6.07) is 9.45. The Hall–Kier alpha value is -1.09. The van der Waals surface area contributed by atoms with Crippen molar-refractivity contribution in [2.75, 3.05) is 0 Å². The lowest BCUT2D eigenvalue weighted by molar-refractivity contribution is 0.622. The Morgan fingerprint density at radius 2 is 1.81 bits per heavy atom. The zero-order valence-corrected chi connectivity index (χ0v) is 14.9. The maximum atomic E-state index is 4.30. The molecular weight excluding hydrogens is 272 g/mol. The summed E-state index contributed by atoms with van der Waals surface area (Å²) >= 11 is 0. The fraction of sp³-hybridized carbons (Fsp3) is 0.611. The second kappa shape index (κ2) is 7.78. The monoisotopic (exact) mass is 302 g/mol. The Labute approximate surface area is 130 Å². The van der Waals surface area contributed by atoms with Crippen LogP contribution in [0.2, 0.25) is 19.1 Å². The molecule has 2 nitrogen and oxygen atoms in total. The molecule has 0 unspecified atom stereocenters. The molecule has 1 aromatic heterocycles. The number of imidazole rings is 1. The summed E-state index contributed by atoms with van der Waals surface area (Å²) in [5.74, 6) is 0. The largest absolute Gasteiger partial charge is 0.345 e. The van der Waals surface area contributed by atoms with Gasteiger partial charge in [-0.15, -0.1) is 0 Å². The summed E-state index contributed by atoms with van der Waals surface area (Å²) in [5.41, 5.74) is 3.74. The van der Waals surface area contributed by atoms with Crippen molar-refractivity contribution >= 4 is 19.1 Å². The van der Waals surface area contributed by atoms with E-state index >= 15 is 0 Å². The van der Waals surface area contributed by atoms with Crippen molar-refractivity contribution in [1.82, 2.24) is 9.97 Å². The van der Waals surface area contributed by atoms with Gasteiger partial charge in [-0.05, 0) is 23.7 Å². The summed E-state index contributed by atoms with van der Waals surface area (Å²) < 4.78 is 0. The van der Waals surface area contributed by atoms with Gasteiger partial charge in [-0.25, -0.2) is 4.98 Å². The molecule has 0 radical (unpaired) electrons. The van der Waals surface area contributed by atoms with Gasteiger partial charge in [0.25, 0.3) is 0 Å². The second-order valence-electron chi connectivity index (χ2n) is 7.11. The Morgan fingerprint density at radius 1 is 1.05 bits per heavy atom. The van der Waals surface area contributed by atoms with Crippen LogP contribution >= 0.6 is 0 Å². The zero-order valence-electron chi connectivity index (χ0n) is 13.9. The highest BCUT2D eigenvalue weighted by molar-refractivity contribution is 6.76. The second-order valence-corrected chi connectivity index (χ2v) is 12.3. The number of hydrogen-bond donors (Lipinski definition) is 1. The molecule has 0 bridgehead atoms. The SMILES string of the molecule is CCCCCCCC[Si](C)(C)Cc1ccc2nc[nH]c2c1. The van der Waals surface area contributed by atoms with Gasteiger partial charge in [0.15, 0.2) is 0 Å². The Morgan fingerprint density at radius 3 is 2.62 bits per heavy atom. The third-order valence-electron chi connectivity index (χ3n) is 4.37. The van der Waals surface area contributed by atoms with E-state index in [4.69, 9.17) is 0 Å². The Kier molecular flexibility index (Phi) is 6.04. The van der Waals surface area contributed by atoms with Gasteiger partial charge in [0.2, 0.25) is 0 Å². The van der Waals surface area contributed by atoms with E-state index in [1.165, 1.54) is 61.7 Å². The van der Waals surface area contributed by atoms with Crippen LogP contribution in [0.4, 0.5) is 0 Å². The number of nitrogens with one attached hydrogen (secondary N) is 1. The van der Waals surface area contributed by atoms with Crippen LogP contribution in [0.3, 0.4) is 0 Å². The van der Waals surface area contributed by atoms with Crippen LogP contribution < -0.4 is 0 Å². The molecule has 0 amide bonds. The number of aromatic amines is 1. The predicted octanol–water partition coefficient (Wildman–Crippen LogP) is 5.71. The van der Waals surface area contributed by atoms with Crippen molar-refractivity contribution in [2.24, 2.45) is 0 Å². The minimum absolute atomic E-state index is 1.08. The smallest absolute Gasteiger partial charge is 0.0931 e. The minimum Gasteiger partial charge on any atom is -0.345 e. The van der Waals surface area contributed by atoms with E-state index in [1.807, 2.05) is 0 Å². The lowest BCUT2D eigenvalue weighted by Gasteiger charge is -2.22. The van der Waals surface area contributed by atoms with Gasteiger partial charge in [0.05, 0.1) is 25.4 Å². The molecule has 0 aliphatic rings. The van der Waals surface area contributed by atoms with Gasteiger partial charge in [-0.1, -0.05) is 70.7 Å². The lowest BCUT2D eigenvalue weighted by atomic mass is 10.1. The van der Waals surface area contributed by atoms with Crippen LogP contribution in [-0.4, -0.2) is 18.0 Å². The summed E-state index contributed by atoms with van der Waals surface area (Å²) in [6.45, 7) is 7.36. The number of fused-ring (bicyclic) bond motifs is 1. The third kappa shape index (κ3) is 5.31. The number of nitrogens with zero attached hydrogens (tertiary/aromatic N) is 1. The molecule has 0 aliphatic heterocycles. The molecule has 0 saturated carbocycles. The fourth-order valence-electron chi connectivity index (χ4n) is 3.12. The van der Waals surface area contributed by atoms with Crippen LogP contribution in [0.5, 0.6) is 0 Å². The molecule has 2 aromatic rings. The molecule has 0 saturated heterocycles. The van der Waals surface area contributed by atoms with E-state index in [0.717, 1.165) is 5.52 Å². The van der Waals surface area contributed by atoms with Crippen molar-refractivity contribution in [2.45, 2.75) is 70.6 Å². The van der Waals surface area contributed by atoms with E-state index in [9.17, 15) is 0 Å². The first-order valence-electron chi connectivity index (χ1n) is 8.53. The van der Waals surface area contributed by atoms with Crippen molar-refractivity contribution in [3.63, 3.8) is 0 Å². The van der Waals surface area contributed by atoms with Crippen molar-refractivity contribution in [1.29, 1.82) is 0 Å². The van der Waals surface area contributed by atoms with Gasteiger partial charge in [0.1, 0.15) is 0 Å². The maximum absolute atomic E-state index is 4.30. The van der Waals surface area contributed by atoms with Crippen LogP contribution in [0.25, 0.3) is 11.0 Å². The van der Waals surface area contributed by atoms with Crippen molar-refractivity contribution in [3.05, 3.63) is 30.1 Å². The minimum atomic E-state index is -1.11. The molecule has 1 N–H and O–H groups in total. The normalized spacial score (nSPS) is 12.1. The van der Waals surface area contributed by atoms with Gasteiger partial charge in [-0.3, -0.25) is 0 Å². The highest BCUT2D eigenvalue weighted by atomic mass is 28.3. The molecule has 0 fully saturated rings. The number of aromatic nitrogens is 2. The van der Waals surface area contributed by atoms with E-state index in [0.29, 0.717) is 0 Å². The number of benzene rings is 1. The highest BCUT2D eigenvalue weighted by Gasteiger charge is 2.20. The fourth-order valence-corrected chi connectivity index (χ4v) is 5.83. The first-order valence-corrected chi connectivity index (χ1v) is 11.9. The standard InChI is InChI=1S/C18H30N2Si/c1-4-5-6-7-8-9-12-21(2,3)14-16-10-11-17-18(13-16)20-15-19-17/h10-11,13,15H,4-9,12,14H2,1-3H3,(H,19,20). The molecule has 1 heterocycles. The van der Waals surface area contributed by atoms with Crippen molar-refractivity contribution < 1.29 is 0 Å². The quantitative estimate of drug-likeness (QED) is 0.466. The Bertz CT molecular complexity index is 545. The van der Waals surface area contributed by atoms with Crippen LogP contribution in [-0.2, 0) is 6.04 Å². The van der Waals surface area contributed by atoms with Gasteiger partial charge in [-0.2, -0.15) is 0 Å². The van der Waals surface area contributed by atoms with E-state index < -0.39 is 8.07 Å². The van der Waals surface area contributed by atoms with E-state index in [1.54, 1.807) is 6.33 Å². The molecule has 3 heteroatoms. The van der Waals surface area contributed by atoms with Gasteiger partial charge >= 0.3 is 0 Å². The van der Waals surface area contributed by atoms with Gasteiger partial charge < -0.3 is 4.98 Å². The van der Waals surface area contributed by atoms with Crippen LogP contribution in [0.15, 0.2) is 24.5 Å². The molecular formula is C18H30N2Si. The van der Waals surface area contributed by atoms with Crippen molar-refractivity contribution in [3.8, 4) is 0 Å². The molecule has 116 valence electrons. The molecule has 1 aromatic carbocycles. The highest BCUT2D eigenvalue weighted by Crippen LogP contribution is 2.22. The van der Waals surface area contributed by atoms with E-state index in [-0.39, 0.29) is 0 Å². The maximum Gasteiger partial charge on any atom is 0.0931 e. The third-order valence-corrected chi connectivity index (χ3v) is 7.45. The predicted molar refractivity (Wildman–Crippen MR) is 95.5 cm³/mol. The summed E-state index contributed by atoms with van der Waals surface area (Å²) in [7, 11) is -1.11. The average molecular weight is 303 g/mol. The van der Waals surface area contributed by atoms with Crippen LogP contribution in [0.1, 0.15) is 51.0 Å². The molecule has 2 rings (SSSR count). The lowest BCUT2D eigenvalue weighted by Crippen LogP contribution is -2.28. The molecule has 0 aliphatic carbocycles. The van der Waals surface area contributed by atoms with Crippen LogP contribution in [0, 0.1) is 0 Å². The van der Waals surface area contributed by atoms with E-state index in [2.05, 4.69) is 48.2 Å². The van der Waals surface area contributed by atoms with Gasteiger partial charge in [0, 0.05) is 0 Å². The Balaban J connectivity index is 1.79. The summed E-state index contributed by atoms with van der Waals surface area (Å²) in [6.07, 6.45) is 10.2. The number of hydrogen-bond acceptors (Lipinski definition) is 1. The first-order chi connectivity index (χ1) is 10.1. The first kappa shape index (κ1) is 16.3. The average Bonchev–Trinajstić information content (AvgIpc) is 2.89. The molecule has 21 heavy (non-hydrogen) atoms. The zero-order chi connectivity index (χ0) is 15.1. The molecule has 0 spiro atoms. The number of rotatable bonds is 9. The number of H-pyrrole nitrogens is 1.